The summed E-state index contributed by atoms with van der Waals surface area (Å²) >= 11 is 1.68. The predicted octanol–water partition coefficient (Wildman–Crippen LogP) is 2.39. The van der Waals surface area contributed by atoms with Gasteiger partial charge in [-0.05, 0) is 18.4 Å². The molecule has 0 unspecified atom stereocenters. The van der Waals surface area contributed by atoms with Gasteiger partial charge in [0.1, 0.15) is 5.82 Å². The Morgan fingerprint density at radius 3 is 3.08 bits per heavy atom. The third kappa shape index (κ3) is 2.99. The van der Waals surface area contributed by atoms with E-state index in [0.717, 1.165) is 41.4 Å². The quantitative estimate of drug-likeness (QED) is 0.718. The predicted molar refractivity (Wildman–Crippen MR) is 91.5 cm³/mol. The topological polar surface area (TPSA) is 77.2 Å². The molecular formula is C16H19N5O2S. The summed E-state index contributed by atoms with van der Waals surface area (Å²) in [6.45, 7) is 6.19. The summed E-state index contributed by atoms with van der Waals surface area (Å²) in [5.41, 5.74) is 1.01. The van der Waals surface area contributed by atoms with Crippen molar-refractivity contribution < 1.29 is 9.26 Å². The summed E-state index contributed by atoms with van der Waals surface area (Å²) in [7, 11) is 0. The molecule has 0 aromatic carbocycles. The van der Waals surface area contributed by atoms with Crippen LogP contribution in [0.4, 0.5) is 5.82 Å². The highest BCUT2D eigenvalue weighted by Gasteiger charge is 2.25. The van der Waals surface area contributed by atoms with Gasteiger partial charge in [0.15, 0.2) is 11.6 Å². The molecule has 0 N–H and O–H groups in total. The Labute approximate surface area is 143 Å². The minimum Gasteiger partial charge on any atom is -0.374 e. The lowest BCUT2D eigenvalue weighted by Crippen LogP contribution is -2.44. The van der Waals surface area contributed by atoms with Gasteiger partial charge in [0.25, 0.3) is 0 Å². The maximum atomic E-state index is 5.90. The first-order valence-corrected chi connectivity index (χ1v) is 9.00. The van der Waals surface area contributed by atoms with Gasteiger partial charge in [-0.25, -0.2) is 9.97 Å². The van der Waals surface area contributed by atoms with Crippen molar-refractivity contribution >= 4 is 27.4 Å². The zero-order valence-corrected chi connectivity index (χ0v) is 14.5. The fourth-order valence-electron chi connectivity index (χ4n) is 2.93. The van der Waals surface area contributed by atoms with Crippen LogP contribution in [0.25, 0.3) is 10.2 Å². The summed E-state index contributed by atoms with van der Waals surface area (Å²) in [5, 5.41) is 6.09. The van der Waals surface area contributed by atoms with Crippen molar-refractivity contribution in [1.82, 2.24) is 20.1 Å². The van der Waals surface area contributed by atoms with Gasteiger partial charge < -0.3 is 14.2 Å². The van der Waals surface area contributed by atoms with E-state index in [2.05, 4.69) is 30.4 Å². The third-order valence-corrected chi connectivity index (χ3v) is 4.96. The van der Waals surface area contributed by atoms with Gasteiger partial charge >= 0.3 is 0 Å². The second kappa shape index (κ2) is 6.45. The van der Waals surface area contributed by atoms with Gasteiger partial charge in [-0.15, -0.1) is 11.3 Å². The molecule has 1 fully saturated rings. The normalized spacial score (nSPS) is 18.4. The molecular weight excluding hydrogens is 326 g/mol. The molecule has 126 valence electrons. The number of aromatic nitrogens is 4. The highest BCUT2D eigenvalue weighted by molar-refractivity contribution is 7.17. The number of rotatable bonds is 4. The standard InChI is InChI=1S/C16H19N5O2S/c1-3-14-19-13(20-23-14)8-11-9-21(5-6-22-11)16-15-12(4-7-24-15)17-10(2)18-16/h4,7,11H,3,5-6,8-9H2,1-2H3/t11-/m1/s1. The van der Waals surface area contributed by atoms with E-state index in [0.29, 0.717) is 24.7 Å². The summed E-state index contributed by atoms with van der Waals surface area (Å²) in [4.78, 5) is 15.8. The van der Waals surface area contributed by atoms with Crippen LogP contribution in [-0.4, -0.2) is 45.9 Å². The van der Waals surface area contributed by atoms with Gasteiger partial charge in [0, 0.05) is 25.9 Å². The molecule has 0 aliphatic carbocycles. The Kier molecular flexibility index (Phi) is 4.15. The summed E-state index contributed by atoms with van der Waals surface area (Å²) < 4.78 is 12.2. The molecule has 0 bridgehead atoms. The van der Waals surface area contributed by atoms with E-state index >= 15 is 0 Å². The van der Waals surface area contributed by atoms with Crippen LogP contribution >= 0.6 is 11.3 Å². The largest absolute Gasteiger partial charge is 0.374 e. The molecule has 8 heteroatoms. The van der Waals surface area contributed by atoms with Gasteiger partial charge in [-0.3, -0.25) is 0 Å². The van der Waals surface area contributed by atoms with E-state index in [4.69, 9.17) is 9.26 Å². The van der Waals surface area contributed by atoms with Gasteiger partial charge in [-0.1, -0.05) is 12.1 Å². The Morgan fingerprint density at radius 2 is 2.25 bits per heavy atom. The molecule has 4 heterocycles. The molecule has 4 rings (SSSR count). The molecule has 3 aromatic rings. The second-order valence-electron chi connectivity index (χ2n) is 5.83. The van der Waals surface area contributed by atoms with Crippen LogP contribution in [0.1, 0.15) is 24.5 Å². The Hall–Kier alpha value is -2.06. The summed E-state index contributed by atoms with van der Waals surface area (Å²) in [6, 6.07) is 2.04. The molecule has 0 amide bonds. The van der Waals surface area contributed by atoms with Gasteiger partial charge in [-0.2, -0.15) is 4.98 Å². The van der Waals surface area contributed by atoms with Crippen molar-refractivity contribution in [3.05, 3.63) is 29.0 Å². The molecule has 24 heavy (non-hydrogen) atoms. The zero-order valence-electron chi connectivity index (χ0n) is 13.7. The summed E-state index contributed by atoms with van der Waals surface area (Å²) in [5.74, 6) is 3.18. The second-order valence-corrected chi connectivity index (χ2v) is 6.75. The maximum Gasteiger partial charge on any atom is 0.226 e. The first kappa shape index (κ1) is 15.5. The minimum absolute atomic E-state index is 0.0336. The lowest BCUT2D eigenvalue weighted by atomic mass is 10.2. The van der Waals surface area contributed by atoms with Crippen molar-refractivity contribution in [3.8, 4) is 0 Å². The van der Waals surface area contributed by atoms with Gasteiger partial charge in [0.05, 0.1) is 22.9 Å². The van der Waals surface area contributed by atoms with Crippen molar-refractivity contribution in [3.63, 3.8) is 0 Å². The highest BCUT2D eigenvalue weighted by Crippen LogP contribution is 2.30. The summed E-state index contributed by atoms with van der Waals surface area (Å²) in [6.07, 6.45) is 1.44. The average Bonchev–Trinajstić information content (AvgIpc) is 3.23. The van der Waals surface area contributed by atoms with Crippen LogP contribution < -0.4 is 4.90 Å². The van der Waals surface area contributed by atoms with E-state index in [-0.39, 0.29) is 6.10 Å². The number of anilines is 1. The van der Waals surface area contributed by atoms with Crippen LogP contribution in [-0.2, 0) is 17.6 Å². The van der Waals surface area contributed by atoms with E-state index in [1.54, 1.807) is 11.3 Å². The van der Waals surface area contributed by atoms with E-state index in [9.17, 15) is 0 Å². The van der Waals surface area contributed by atoms with Crippen molar-refractivity contribution in [2.75, 3.05) is 24.6 Å². The number of hydrogen-bond donors (Lipinski definition) is 0. The van der Waals surface area contributed by atoms with E-state index < -0.39 is 0 Å². The van der Waals surface area contributed by atoms with Crippen LogP contribution in [0.15, 0.2) is 16.0 Å². The molecule has 1 aliphatic rings. The van der Waals surface area contributed by atoms with Crippen LogP contribution in [0.3, 0.4) is 0 Å². The number of hydrogen-bond acceptors (Lipinski definition) is 8. The molecule has 7 nitrogen and oxygen atoms in total. The Balaban J connectivity index is 1.54. The van der Waals surface area contributed by atoms with Crippen molar-refractivity contribution in [2.45, 2.75) is 32.8 Å². The minimum atomic E-state index is 0.0336. The van der Waals surface area contributed by atoms with Crippen LogP contribution in [0.2, 0.25) is 0 Å². The smallest absolute Gasteiger partial charge is 0.226 e. The van der Waals surface area contributed by atoms with Crippen LogP contribution in [0.5, 0.6) is 0 Å². The Bertz CT molecular complexity index is 846. The van der Waals surface area contributed by atoms with Crippen molar-refractivity contribution in [2.24, 2.45) is 0 Å². The van der Waals surface area contributed by atoms with Crippen molar-refractivity contribution in [1.29, 1.82) is 0 Å². The number of aryl methyl sites for hydroxylation is 2. The number of morpholine rings is 1. The highest BCUT2D eigenvalue weighted by atomic mass is 32.1. The fourth-order valence-corrected chi connectivity index (χ4v) is 3.78. The molecule has 1 aliphatic heterocycles. The molecule has 1 atom stereocenters. The zero-order chi connectivity index (χ0) is 16.5. The number of fused-ring (bicyclic) bond motifs is 1. The van der Waals surface area contributed by atoms with E-state index in [1.807, 2.05) is 19.9 Å². The van der Waals surface area contributed by atoms with Gasteiger partial charge in [0.2, 0.25) is 5.89 Å². The molecule has 1 saturated heterocycles. The monoisotopic (exact) mass is 345 g/mol. The van der Waals surface area contributed by atoms with E-state index in [1.165, 1.54) is 0 Å². The first-order valence-electron chi connectivity index (χ1n) is 8.12. The Morgan fingerprint density at radius 1 is 1.33 bits per heavy atom. The fraction of sp³-hybridized carbons (Fsp3) is 0.500. The third-order valence-electron chi connectivity index (χ3n) is 4.06. The number of thiophene rings is 1. The average molecular weight is 345 g/mol. The van der Waals surface area contributed by atoms with Crippen LogP contribution in [0, 0.1) is 6.92 Å². The molecule has 0 radical (unpaired) electrons. The molecule has 3 aromatic heterocycles. The lowest BCUT2D eigenvalue weighted by Gasteiger charge is -2.33. The number of ether oxygens (including phenoxy) is 1. The lowest BCUT2D eigenvalue weighted by molar-refractivity contribution is 0.0393. The molecule has 0 spiro atoms. The SMILES string of the molecule is CCc1nc(C[C@@H]2CN(c3nc(C)nc4ccsc34)CCO2)no1. The maximum absolute atomic E-state index is 5.90. The molecule has 0 saturated carbocycles. The first-order chi connectivity index (χ1) is 11.7. The number of nitrogens with zero attached hydrogens (tertiary/aromatic N) is 5.